The van der Waals surface area contributed by atoms with Gasteiger partial charge in [-0.25, -0.2) is 0 Å². The first-order chi connectivity index (χ1) is 7.75. The lowest BCUT2D eigenvalue weighted by atomic mass is 10.2. The summed E-state index contributed by atoms with van der Waals surface area (Å²) in [5.74, 6) is -0.0751. The summed E-state index contributed by atoms with van der Waals surface area (Å²) in [6, 6.07) is 3.55. The van der Waals surface area contributed by atoms with E-state index in [1.807, 2.05) is 13.2 Å². The number of carbonyl (C=O) groups is 1. The van der Waals surface area contributed by atoms with Crippen molar-refractivity contribution in [3.05, 3.63) is 42.0 Å². The standard InChI is InChI=1S/C11H14N4O/c1-15-8-9(7-14-15)4-6-13-11(16)10-3-2-5-12-10/h2-3,5,7-8,12H,4,6H2,1H3,(H,13,16). The van der Waals surface area contributed by atoms with Gasteiger partial charge in [0.2, 0.25) is 0 Å². The Morgan fingerprint density at radius 3 is 3.12 bits per heavy atom. The average molecular weight is 218 g/mol. The topological polar surface area (TPSA) is 62.7 Å². The number of aromatic nitrogens is 3. The smallest absolute Gasteiger partial charge is 0.267 e. The Kier molecular flexibility index (Phi) is 3.05. The molecule has 0 aliphatic carbocycles. The van der Waals surface area contributed by atoms with Crippen molar-refractivity contribution < 1.29 is 4.79 Å². The van der Waals surface area contributed by atoms with Crippen LogP contribution in [0, 0.1) is 0 Å². The van der Waals surface area contributed by atoms with Crippen molar-refractivity contribution in [2.24, 2.45) is 7.05 Å². The summed E-state index contributed by atoms with van der Waals surface area (Å²) in [7, 11) is 1.88. The van der Waals surface area contributed by atoms with Gasteiger partial charge in [0.25, 0.3) is 5.91 Å². The van der Waals surface area contributed by atoms with E-state index in [0.717, 1.165) is 12.0 Å². The summed E-state index contributed by atoms with van der Waals surface area (Å²) in [6.45, 7) is 0.615. The number of amides is 1. The van der Waals surface area contributed by atoms with Crippen molar-refractivity contribution in [1.82, 2.24) is 20.1 Å². The molecule has 5 nitrogen and oxygen atoms in total. The number of nitrogens with zero attached hydrogens (tertiary/aromatic N) is 2. The van der Waals surface area contributed by atoms with Gasteiger partial charge in [-0.2, -0.15) is 5.10 Å². The van der Waals surface area contributed by atoms with Gasteiger partial charge < -0.3 is 10.3 Å². The van der Waals surface area contributed by atoms with E-state index in [0.29, 0.717) is 12.2 Å². The fourth-order valence-corrected chi connectivity index (χ4v) is 1.49. The quantitative estimate of drug-likeness (QED) is 0.794. The molecule has 1 amide bonds. The second kappa shape index (κ2) is 4.65. The zero-order chi connectivity index (χ0) is 11.4. The highest BCUT2D eigenvalue weighted by atomic mass is 16.1. The van der Waals surface area contributed by atoms with Crippen molar-refractivity contribution in [1.29, 1.82) is 0 Å². The maximum Gasteiger partial charge on any atom is 0.267 e. The third-order valence-corrected chi connectivity index (χ3v) is 2.30. The van der Waals surface area contributed by atoms with Crippen LogP contribution in [0.2, 0.25) is 0 Å². The van der Waals surface area contributed by atoms with Crippen LogP contribution in [0.5, 0.6) is 0 Å². The van der Waals surface area contributed by atoms with E-state index in [4.69, 9.17) is 0 Å². The molecule has 2 heterocycles. The van der Waals surface area contributed by atoms with E-state index in [-0.39, 0.29) is 5.91 Å². The Hall–Kier alpha value is -2.04. The molecule has 0 radical (unpaired) electrons. The molecule has 0 aromatic carbocycles. The zero-order valence-corrected chi connectivity index (χ0v) is 9.10. The molecule has 0 fully saturated rings. The lowest BCUT2D eigenvalue weighted by Gasteiger charge is -2.01. The molecule has 2 N–H and O–H groups in total. The fraction of sp³-hybridized carbons (Fsp3) is 0.273. The highest BCUT2D eigenvalue weighted by Gasteiger charge is 2.04. The molecule has 0 unspecified atom stereocenters. The number of aromatic amines is 1. The van der Waals surface area contributed by atoms with Gasteiger partial charge in [-0.15, -0.1) is 0 Å². The molecule has 5 heteroatoms. The maximum atomic E-state index is 11.5. The Bertz CT molecular complexity index is 458. The number of aryl methyl sites for hydroxylation is 1. The summed E-state index contributed by atoms with van der Waals surface area (Å²) in [6.07, 6.45) is 6.28. The molecule has 2 rings (SSSR count). The second-order valence-electron chi connectivity index (χ2n) is 3.61. The van der Waals surface area contributed by atoms with Crippen LogP contribution in [-0.2, 0) is 13.5 Å². The van der Waals surface area contributed by atoms with Crippen molar-refractivity contribution in [3.63, 3.8) is 0 Å². The lowest BCUT2D eigenvalue weighted by Crippen LogP contribution is -2.25. The predicted molar refractivity (Wildman–Crippen MR) is 60.0 cm³/mol. The summed E-state index contributed by atoms with van der Waals surface area (Å²) >= 11 is 0. The van der Waals surface area contributed by atoms with Crippen molar-refractivity contribution in [2.75, 3.05) is 6.54 Å². The van der Waals surface area contributed by atoms with Crippen LogP contribution < -0.4 is 5.32 Å². The first-order valence-electron chi connectivity index (χ1n) is 5.15. The zero-order valence-electron chi connectivity index (χ0n) is 9.10. The van der Waals surface area contributed by atoms with Gasteiger partial charge >= 0.3 is 0 Å². The molecule has 0 aliphatic heterocycles. The Morgan fingerprint density at radius 1 is 1.62 bits per heavy atom. The third-order valence-electron chi connectivity index (χ3n) is 2.30. The number of hydrogen-bond donors (Lipinski definition) is 2. The normalized spacial score (nSPS) is 10.3. The minimum atomic E-state index is -0.0751. The van der Waals surface area contributed by atoms with Gasteiger partial charge in [-0.05, 0) is 24.1 Å². The third kappa shape index (κ3) is 2.50. The largest absolute Gasteiger partial charge is 0.357 e. The lowest BCUT2D eigenvalue weighted by molar-refractivity contribution is 0.0950. The molecule has 0 saturated carbocycles. The molecular formula is C11H14N4O. The summed E-state index contributed by atoms with van der Waals surface area (Å²) in [5.41, 5.74) is 1.71. The van der Waals surface area contributed by atoms with Gasteiger partial charge in [-0.3, -0.25) is 9.48 Å². The minimum Gasteiger partial charge on any atom is -0.357 e. The minimum absolute atomic E-state index is 0.0751. The number of nitrogens with one attached hydrogen (secondary N) is 2. The first kappa shape index (κ1) is 10.5. The van der Waals surface area contributed by atoms with Gasteiger partial charge in [-0.1, -0.05) is 0 Å². The van der Waals surface area contributed by atoms with Crippen molar-refractivity contribution >= 4 is 5.91 Å². The van der Waals surface area contributed by atoms with Gasteiger partial charge in [0.05, 0.1) is 6.20 Å². The number of H-pyrrole nitrogens is 1. The molecule has 0 bridgehead atoms. The van der Waals surface area contributed by atoms with Crippen molar-refractivity contribution in [2.45, 2.75) is 6.42 Å². The fourth-order valence-electron chi connectivity index (χ4n) is 1.49. The van der Waals surface area contributed by atoms with E-state index in [1.54, 1.807) is 29.2 Å². The molecule has 0 spiro atoms. The highest BCUT2D eigenvalue weighted by molar-refractivity contribution is 5.92. The van der Waals surface area contributed by atoms with Crippen LogP contribution in [0.4, 0.5) is 0 Å². The molecule has 84 valence electrons. The van der Waals surface area contributed by atoms with Crippen LogP contribution in [0.25, 0.3) is 0 Å². The van der Waals surface area contributed by atoms with Crippen molar-refractivity contribution in [3.8, 4) is 0 Å². The molecule has 0 saturated heterocycles. The van der Waals surface area contributed by atoms with E-state index >= 15 is 0 Å². The van der Waals surface area contributed by atoms with Crippen LogP contribution >= 0.6 is 0 Å². The monoisotopic (exact) mass is 218 g/mol. The number of carbonyl (C=O) groups excluding carboxylic acids is 1. The van der Waals surface area contributed by atoms with Crippen LogP contribution in [-0.4, -0.2) is 27.2 Å². The number of hydrogen-bond acceptors (Lipinski definition) is 2. The van der Waals surface area contributed by atoms with E-state index in [1.165, 1.54) is 0 Å². The second-order valence-corrected chi connectivity index (χ2v) is 3.61. The van der Waals surface area contributed by atoms with Crippen LogP contribution in [0.3, 0.4) is 0 Å². The van der Waals surface area contributed by atoms with Gasteiger partial charge in [0, 0.05) is 26.0 Å². The highest BCUT2D eigenvalue weighted by Crippen LogP contribution is 1.97. The van der Waals surface area contributed by atoms with Crippen LogP contribution in [0.15, 0.2) is 30.7 Å². The van der Waals surface area contributed by atoms with Gasteiger partial charge in [0.15, 0.2) is 0 Å². The number of rotatable bonds is 4. The van der Waals surface area contributed by atoms with Crippen LogP contribution in [0.1, 0.15) is 16.1 Å². The Morgan fingerprint density at radius 2 is 2.50 bits per heavy atom. The molecule has 2 aromatic heterocycles. The Labute approximate surface area is 93.5 Å². The van der Waals surface area contributed by atoms with E-state index < -0.39 is 0 Å². The summed E-state index contributed by atoms with van der Waals surface area (Å²) in [4.78, 5) is 14.4. The summed E-state index contributed by atoms with van der Waals surface area (Å²) < 4.78 is 1.75. The Balaban J connectivity index is 1.78. The predicted octanol–water partition coefficient (Wildman–Crippen LogP) is 0.721. The van der Waals surface area contributed by atoms with E-state index in [9.17, 15) is 4.79 Å². The van der Waals surface area contributed by atoms with E-state index in [2.05, 4.69) is 15.4 Å². The maximum absolute atomic E-state index is 11.5. The summed E-state index contributed by atoms with van der Waals surface area (Å²) in [5, 5.41) is 6.90. The molecule has 16 heavy (non-hydrogen) atoms. The molecule has 0 aliphatic rings. The van der Waals surface area contributed by atoms with Gasteiger partial charge in [0.1, 0.15) is 5.69 Å². The average Bonchev–Trinajstić information content (AvgIpc) is 2.89. The SMILES string of the molecule is Cn1cc(CCNC(=O)c2ccc[nH]2)cn1. The molecular weight excluding hydrogens is 204 g/mol. The first-order valence-corrected chi connectivity index (χ1v) is 5.15. The molecule has 2 aromatic rings. The molecule has 0 atom stereocenters.